The number of nitrogens with zero attached hydrogens (tertiary/aromatic N) is 1. The molecule has 0 aliphatic rings. The first-order valence-electron chi connectivity index (χ1n) is 9.12. The van der Waals surface area contributed by atoms with Crippen molar-refractivity contribution in [2.24, 2.45) is 0 Å². The molecule has 0 spiro atoms. The van der Waals surface area contributed by atoms with Crippen LogP contribution in [0.15, 0.2) is 48.5 Å². The predicted octanol–water partition coefficient (Wildman–Crippen LogP) is 1.78. The van der Waals surface area contributed by atoms with Crippen molar-refractivity contribution in [3.8, 4) is 0 Å². The summed E-state index contributed by atoms with van der Waals surface area (Å²) >= 11 is 0. The quantitative estimate of drug-likeness (QED) is 0.452. The maximum absolute atomic E-state index is 12.4. The van der Waals surface area contributed by atoms with E-state index in [-0.39, 0.29) is 30.6 Å². The lowest BCUT2D eigenvalue weighted by atomic mass is 10.2. The number of nitro groups is 1. The molecule has 2 rings (SSSR count). The summed E-state index contributed by atoms with van der Waals surface area (Å²) in [4.78, 5) is 35.9. The Kier molecular flexibility index (Phi) is 7.65. The highest BCUT2D eigenvalue weighted by molar-refractivity contribution is 5.93. The van der Waals surface area contributed by atoms with Gasteiger partial charge in [-0.25, -0.2) is 0 Å². The number of aryl methyl sites for hydroxylation is 1. The van der Waals surface area contributed by atoms with Crippen LogP contribution in [-0.4, -0.2) is 36.4 Å². The Morgan fingerprint density at radius 2 is 1.71 bits per heavy atom. The zero-order valence-corrected chi connectivity index (χ0v) is 16.0. The van der Waals surface area contributed by atoms with E-state index < -0.39 is 4.92 Å². The molecule has 1 unspecified atom stereocenters. The number of benzene rings is 2. The monoisotopic (exact) mass is 385 g/mol. The first-order valence-corrected chi connectivity index (χ1v) is 9.12. The smallest absolute Gasteiger partial charge is 0.279 e. The van der Waals surface area contributed by atoms with Gasteiger partial charge in [0.25, 0.3) is 17.5 Å². The van der Waals surface area contributed by atoms with Crippen molar-refractivity contribution in [2.75, 3.05) is 30.3 Å². The van der Waals surface area contributed by atoms with Crippen LogP contribution in [-0.2, 0) is 9.59 Å². The minimum atomic E-state index is -0.514. The van der Waals surface area contributed by atoms with Crippen LogP contribution in [0, 0.1) is 17.0 Å². The number of nitro benzene ring substituents is 1. The fraction of sp³-hybridized carbons (Fsp3) is 0.300. The van der Waals surface area contributed by atoms with Gasteiger partial charge in [-0.3, -0.25) is 19.7 Å². The summed E-state index contributed by atoms with van der Waals surface area (Å²) < 4.78 is 0. The van der Waals surface area contributed by atoms with Crippen LogP contribution in [0.1, 0.15) is 18.9 Å². The van der Waals surface area contributed by atoms with E-state index in [0.717, 1.165) is 22.6 Å². The summed E-state index contributed by atoms with van der Waals surface area (Å²) in [5, 5.41) is 16.4. The van der Waals surface area contributed by atoms with E-state index in [1.165, 1.54) is 18.2 Å². The van der Waals surface area contributed by atoms with Gasteiger partial charge in [0.05, 0.1) is 11.5 Å². The van der Waals surface area contributed by atoms with Crippen molar-refractivity contribution in [1.82, 2.24) is 0 Å². The van der Waals surface area contributed by atoms with Gasteiger partial charge in [0.2, 0.25) is 0 Å². The molecule has 8 heteroatoms. The number of non-ortho nitro benzene ring substituents is 1. The second-order valence-electron chi connectivity index (χ2n) is 6.57. The lowest BCUT2D eigenvalue weighted by Gasteiger charge is -2.18. The molecule has 3 N–H and O–H groups in total. The lowest BCUT2D eigenvalue weighted by Crippen LogP contribution is -3.14. The van der Waals surface area contributed by atoms with Gasteiger partial charge < -0.3 is 15.5 Å². The van der Waals surface area contributed by atoms with Crippen molar-refractivity contribution in [3.63, 3.8) is 0 Å². The van der Waals surface area contributed by atoms with Gasteiger partial charge in [0.15, 0.2) is 13.1 Å². The Balaban J connectivity index is 1.95. The molecule has 1 atom stereocenters. The molecule has 28 heavy (non-hydrogen) atoms. The molecule has 2 aromatic rings. The molecule has 0 aliphatic heterocycles. The van der Waals surface area contributed by atoms with Crippen molar-refractivity contribution in [3.05, 3.63) is 64.2 Å². The molecule has 0 saturated heterocycles. The summed E-state index contributed by atoms with van der Waals surface area (Å²) in [6.45, 7) is 4.81. The van der Waals surface area contributed by atoms with Gasteiger partial charge in [-0.1, -0.05) is 31.2 Å². The van der Waals surface area contributed by atoms with E-state index in [9.17, 15) is 19.7 Å². The molecule has 0 heterocycles. The zero-order valence-electron chi connectivity index (χ0n) is 16.0. The van der Waals surface area contributed by atoms with E-state index in [1.807, 2.05) is 38.1 Å². The van der Waals surface area contributed by atoms with Crippen LogP contribution in [0.3, 0.4) is 0 Å². The number of nitrogens with one attached hydrogen (secondary N) is 3. The number of carbonyl (C=O) groups excluding carboxylic acids is 2. The highest BCUT2D eigenvalue weighted by Gasteiger charge is 2.18. The van der Waals surface area contributed by atoms with Gasteiger partial charge in [-0.15, -0.1) is 0 Å². The van der Waals surface area contributed by atoms with Crippen LogP contribution in [0.5, 0.6) is 0 Å². The van der Waals surface area contributed by atoms with Gasteiger partial charge in [0.1, 0.15) is 0 Å². The van der Waals surface area contributed by atoms with E-state index >= 15 is 0 Å². The number of hydrogen-bond acceptors (Lipinski definition) is 4. The minimum Gasteiger partial charge on any atom is -0.321 e. The molecule has 2 amide bonds. The van der Waals surface area contributed by atoms with Gasteiger partial charge in [-0.05, 0) is 31.0 Å². The molecule has 2 aromatic carbocycles. The highest BCUT2D eigenvalue weighted by atomic mass is 16.6. The lowest BCUT2D eigenvalue weighted by molar-refractivity contribution is -0.883. The predicted molar refractivity (Wildman–Crippen MR) is 107 cm³/mol. The van der Waals surface area contributed by atoms with Crippen LogP contribution in [0.4, 0.5) is 17.1 Å². The molecule has 0 aliphatic carbocycles. The maximum Gasteiger partial charge on any atom is 0.279 e. The first-order chi connectivity index (χ1) is 13.4. The Labute approximate surface area is 163 Å². The van der Waals surface area contributed by atoms with Gasteiger partial charge in [0, 0.05) is 23.5 Å². The largest absolute Gasteiger partial charge is 0.321 e. The fourth-order valence-corrected chi connectivity index (χ4v) is 2.86. The highest BCUT2D eigenvalue weighted by Crippen LogP contribution is 2.16. The topological polar surface area (TPSA) is 106 Å². The van der Waals surface area contributed by atoms with Crippen molar-refractivity contribution in [1.29, 1.82) is 0 Å². The average Bonchev–Trinajstić information content (AvgIpc) is 2.64. The van der Waals surface area contributed by atoms with Gasteiger partial charge >= 0.3 is 0 Å². The van der Waals surface area contributed by atoms with Gasteiger partial charge in [-0.2, -0.15) is 0 Å². The van der Waals surface area contributed by atoms with Crippen LogP contribution in [0.25, 0.3) is 0 Å². The molecule has 0 fully saturated rings. The number of hydrogen-bond donors (Lipinski definition) is 3. The van der Waals surface area contributed by atoms with E-state index in [1.54, 1.807) is 6.07 Å². The van der Waals surface area contributed by atoms with Crippen molar-refractivity contribution < 1.29 is 19.4 Å². The molecule has 0 radical (unpaired) electrons. The molecule has 0 saturated carbocycles. The third kappa shape index (κ3) is 6.48. The number of amides is 2. The molecule has 0 bridgehead atoms. The SMILES string of the molecule is CCC[NH+](CC(=O)Nc1cccc([N+](=O)[O-])c1)CC(=O)Nc1ccccc1C. The summed E-state index contributed by atoms with van der Waals surface area (Å²) in [5.41, 5.74) is 1.99. The first kappa shape index (κ1) is 21.0. The normalized spacial score (nSPS) is 11.5. The number of carbonyl (C=O) groups is 2. The van der Waals surface area contributed by atoms with Crippen LogP contribution >= 0.6 is 0 Å². The molecule has 0 aromatic heterocycles. The van der Waals surface area contributed by atoms with E-state index in [0.29, 0.717) is 12.2 Å². The maximum atomic E-state index is 12.4. The average molecular weight is 385 g/mol. The summed E-state index contributed by atoms with van der Waals surface area (Å²) in [6.07, 6.45) is 0.817. The fourth-order valence-electron chi connectivity index (χ4n) is 2.86. The summed E-state index contributed by atoms with van der Waals surface area (Å²) in [6, 6.07) is 13.3. The zero-order chi connectivity index (χ0) is 20.5. The Morgan fingerprint density at radius 1 is 1.04 bits per heavy atom. The number of rotatable bonds is 9. The molecular weight excluding hydrogens is 360 g/mol. The molecule has 8 nitrogen and oxygen atoms in total. The molecule has 148 valence electrons. The second kappa shape index (κ2) is 10.2. The Hall–Kier alpha value is -3.26. The minimum absolute atomic E-state index is 0.0897. The Morgan fingerprint density at radius 3 is 2.36 bits per heavy atom. The third-order valence-corrected chi connectivity index (χ3v) is 4.18. The van der Waals surface area contributed by atoms with Crippen LogP contribution < -0.4 is 15.5 Å². The number of anilines is 2. The van der Waals surface area contributed by atoms with Crippen molar-refractivity contribution >= 4 is 28.9 Å². The summed E-state index contributed by atoms with van der Waals surface area (Å²) in [7, 11) is 0. The van der Waals surface area contributed by atoms with Crippen LogP contribution in [0.2, 0.25) is 0 Å². The molecular formula is C20H25N4O4+. The number of quaternary nitrogens is 1. The second-order valence-corrected chi connectivity index (χ2v) is 6.57. The Bertz CT molecular complexity index is 854. The van der Waals surface area contributed by atoms with E-state index in [4.69, 9.17) is 0 Å². The standard InChI is InChI=1S/C20H24N4O4/c1-3-11-23(14-20(26)22-18-10-5-4-7-15(18)2)13-19(25)21-16-8-6-9-17(12-16)24(27)28/h4-10,12H,3,11,13-14H2,1-2H3,(H,21,25)(H,22,26)/p+1. The summed E-state index contributed by atoms with van der Waals surface area (Å²) in [5.74, 6) is -0.464. The van der Waals surface area contributed by atoms with E-state index in [2.05, 4.69) is 10.6 Å². The van der Waals surface area contributed by atoms with Crippen molar-refractivity contribution in [2.45, 2.75) is 20.3 Å². The number of para-hydroxylation sites is 1. The third-order valence-electron chi connectivity index (χ3n) is 4.18.